The zero-order valence-corrected chi connectivity index (χ0v) is 24.7. The zero-order chi connectivity index (χ0) is 30.0. The van der Waals surface area contributed by atoms with Crippen molar-refractivity contribution in [2.24, 2.45) is 5.92 Å². The number of hydrogen-bond donors (Lipinski definition) is 3. The van der Waals surface area contributed by atoms with Crippen molar-refractivity contribution >= 4 is 27.8 Å². The van der Waals surface area contributed by atoms with Gasteiger partial charge in [0.2, 0.25) is 6.29 Å². The summed E-state index contributed by atoms with van der Waals surface area (Å²) < 4.78 is 34.6. The molecule has 0 aliphatic carbocycles. The molecule has 3 N–H and O–H groups in total. The van der Waals surface area contributed by atoms with E-state index in [2.05, 4.69) is 10.3 Å². The molecule has 3 heterocycles. The van der Waals surface area contributed by atoms with E-state index in [4.69, 9.17) is 33.2 Å². The lowest BCUT2D eigenvalue weighted by Gasteiger charge is -2.36. The third-order valence-corrected chi connectivity index (χ3v) is 7.67. The Morgan fingerprint density at radius 3 is 2.72 bits per heavy atom. The molecule has 10 nitrogen and oxygen atoms in total. The van der Waals surface area contributed by atoms with Crippen LogP contribution in [0.4, 0.5) is 0 Å². The molecule has 5 rings (SSSR count). The van der Waals surface area contributed by atoms with Gasteiger partial charge in [0.25, 0.3) is 5.91 Å². The van der Waals surface area contributed by atoms with Crippen LogP contribution in [0.25, 0.3) is 21.9 Å². The summed E-state index contributed by atoms with van der Waals surface area (Å²) in [6.45, 7) is 4.31. The van der Waals surface area contributed by atoms with Crippen LogP contribution < -0.4 is 10.1 Å². The first-order valence-corrected chi connectivity index (χ1v) is 14.8. The van der Waals surface area contributed by atoms with E-state index in [0.717, 1.165) is 38.7 Å². The van der Waals surface area contributed by atoms with Crippen LogP contribution in [-0.4, -0.2) is 75.6 Å². The Bertz CT molecular complexity index is 1510. The Hall–Kier alpha value is -3.83. The van der Waals surface area contributed by atoms with Gasteiger partial charge < -0.3 is 43.5 Å². The molecule has 4 aromatic rings. The van der Waals surface area contributed by atoms with Gasteiger partial charge in [0.05, 0.1) is 39.8 Å². The van der Waals surface area contributed by atoms with E-state index in [0.29, 0.717) is 45.8 Å². The van der Waals surface area contributed by atoms with E-state index >= 15 is 0 Å². The zero-order valence-electron chi connectivity index (χ0n) is 24.7. The molecule has 1 amide bonds. The number of methoxy groups -OCH3 is 1. The fourth-order valence-electron chi connectivity index (χ4n) is 5.55. The van der Waals surface area contributed by atoms with Gasteiger partial charge in [-0.25, -0.2) is 0 Å². The lowest BCUT2D eigenvalue weighted by Crippen LogP contribution is -2.39. The van der Waals surface area contributed by atoms with Crippen LogP contribution in [0.5, 0.6) is 5.75 Å². The molecule has 3 atom stereocenters. The van der Waals surface area contributed by atoms with E-state index in [1.54, 1.807) is 13.4 Å². The number of ether oxygens (including phenoxy) is 5. The highest BCUT2D eigenvalue weighted by molar-refractivity contribution is 5.92. The molecule has 2 aromatic carbocycles. The molecule has 0 bridgehead atoms. The Labute approximate surface area is 250 Å². The molecule has 10 heteroatoms. The van der Waals surface area contributed by atoms with Crippen LogP contribution in [0.2, 0.25) is 0 Å². The summed E-state index contributed by atoms with van der Waals surface area (Å²) in [4.78, 5) is 16.7. The van der Waals surface area contributed by atoms with Crippen LogP contribution in [0.1, 0.15) is 30.4 Å². The third-order valence-electron chi connectivity index (χ3n) is 7.67. The average Bonchev–Trinajstić information content (AvgIpc) is 3.65. The molecule has 0 fully saturated rings. The molecular weight excluding hydrogens is 552 g/mol. The highest BCUT2D eigenvalue weighted by Gasteiger charge is 2.39. The normalized spacial score (nSPS) is 18.5. The van der Waals surface area contributed by atoms with Crippen molar-refractivity contribution in [2.75, 3.05) is 53.3 Å². The van der Waals surface area contributed by atoms with Crippen LogP contribution in [0, 0.1) is 5.92 Å². The predicted molar refractivity (Wildman–Crippen MR) is 162 cm³/mol. The van der Waals surface area contributed by atoms with Crippen molar-refractivity contribution in [1.82, 2.24) is 10.3 Å². The van der Waals surface area contributed by atoms with Crippen molar-refractivity contribution in [3.05, 3.63) is 77.9 Å². The lowest BCUT2D eigenvalue weighted by atomic mass is 9.81. The number of furan rings is 1. The quantitative estimate of drug-likeness (QED) is 0.160. The number of carbonyl (C=O) groups is 1. The average molecular weight is 593 g/mol. The minimum absolute atomic E-state index is 0.0176. The molecule has 230 valence electrons. The summed E-state index contributed by atoms with van der Waals surface area (Å²) in [5.74, 6) is 0.384. The van der Waals surface area contributed by atoms with Gasteiger partial charge >= 0.3 is 0 Å². The Balaban J connectivity index is 1.32. The molecule has 1 unspecified atom stereocenters. The largest absolute Gasteiger partial charge is 0.497 e. The molecular formula is C33H40N2O8. The number of aliphatic hydroxyl groups excluding tert-OH is 1. The molecule has 1 aliphatic rings. The maximum Gasteiger partial charge on any atom is 0.286 e. The summed E-state index contributed by atoms with van der Waals surface area (Å²) >= 11 is 0. The number of hydrogen-bond acceptors (Lipinski definition) is 8. The summed E-state index contributed by atoms with van der Waals surface area (Å²) in [6.07, 6.45) is 6.22. The van der Waals surface area contributed by atoms with Gasteiger partial charge in [0, 0.05) is 59.6 Å². The van der Waals surface area contributed by atoms with E-state index in [-0.39, 0.29) is 36.7 Å². The molecule has 2 aromatic heterocycles. The van der Waals surface area contributed by atoms with Crippen LogP contribution >= 0.6 is 0 Å². The van der Waals surface area contributed by atoms with Gasteiger partial charge in [-0.3, -0.25) is 4.79 Å². The second-order valence-corrected chi connectivity index (χ2v) is 10.3. The minimum atomic E-state index is -0.648. The van der Waals surface area contributed by atoms with Crippen molar-refractivity contribution in [1.29, 1.82) is 0 Å². The number of aromatic nitrogens is 1. The first-order valence-electron chi connectivity index (χ1n) is 14.8. The maximum absolute atomic E-state index is 13.4. The van der Waals surface area contributed by atoms with E-state index < -0.39 is 6.29 Å². The van der Waals surface area contributed by atoms with Gasteiger partial charge in [0.1, 0.15) is 11.3 Å². The summed E-state index contributed by atoms with van der Waals surface area (Å²) in [7, 11) is 1.65. The van der Waals surface area contributed by atoms with Crippen molar-refractivity contribution in [3.63, 3.8) is 0 Å². The number of nitrogens with one attached hydrogen (secondary N) is 2. The fraction of sp³-hybridized carbons (Fsp3) is 0.424. The Kier molecular flexibility index (Phi) is 10.7. The number of aliphatic hydroxyl groups is 1. The molecule has 0 radical (unpaired) electrons. The van der Waals surface area contributed by atoms with Crippen LogP contribution in [0.3, 0.4) is 0 Å². The summed E-state index contributed by atoms with van der Waals surface area (Å²) in [5.41, 5.74) is 3.85. The number of allylic oxidation sites excluding steroid dienone is 1. The first kappa shape index (κ1) is 30.6. The van der Waals surface area contributed by atoms with Gasteiger partial charge in [0.15, 0.2) is 5.76 Å². The van der Waals surface area contributed by atoms with E-state index in [9.17, 15) is 4.79 Å². The number of amides is 1. The number of H-pyrrole nitrogens is 1. The molecule has 1 aliphatic heterocycles. The highest BCUT2D eigenvalue weighted by Crippen LogP contribution is 2.42. The standard InChI is InChI=1S/C33H40N2O8/c1-3-41-33-25(11-14-39-16-17-40-15-13-36)27(28-21-42-30-7-5-4-6-24(28)30)19-31(43-33)32(37)34-12-10-22-20-35-29-9-8-23(38-2)18-26(22)29/h4-9,18-21,25,27,33,35-36H,3,10-17H2,1-2H3,(H,34,37)/t25?,27-,33+/m0/s1. The fourth-order valence-corrected chi connectivity index (χ4v) is 5.55. The van der Waals surface area contributed by atoms with Crippen LogP contribution in [-0.2, 0) is 30.2 Å². The Morgan fingerprint density at radius 1 is 1.07 bits per heavy atom. The van der Waals surface area contributed by atoms with Crippen molar-refractivity contribution in [2.45, 2.75) is 32.0 Å². The lowest BCUT2D eigenvalue weighted by molar-refractivity contribution is -0.168. The van der Waals surface area contributed by atoms with E-state index in [1.807, 2.05) is 61.7 Å². The SMILES string of the molecule is CCO[C@@H]1OC(C(=O)NCCc2c[nH]c3ccc(OC)cc23)=C[C@H](c2coc3ccccc23)C1CCOCCOCCO. The molecule has 43 heavy (non-hydrogen) atoms. The number of carbonyl (C=O) groups excluding carboxylic acids is 1. The van der Waals surface area contributed by atoms with Crippen molar-refractivity contribution < 1.29 is 38.0 Å². The number of aromatic amines is 1. The second kappa shape index (κ2) is 15.1. The second-order valence-electron chi connectivity index (χ2n) is 10.3. The van der Waals surface area contributed by atoms with Gasteiger partial charge in [-0.2, -0.15) is 0 Å². The topological polar surface area (TPSA) is 124 Å². The van der Waals surface area contributed by atoms with Gasteiger partial charge in [-0.1, -0.05) is 18.2 Å². The van der Waals surface area contributed by atoms with Crippen LogP contribution in [0.15, 0.2) is 71.2 Å². The summed E-state index contributed by atoms with van der Waals surface area (Å²) in [6, 6.07) is 13.8. The molecule has 0 spiro atoms. The molecule has 0 saturated heterocycles. The van der Waals surface area contributed by atoms with Gasteiger partial charge in [-0.15, -0.1) is 0 Å². The summed E-state index contributed by atoms with van der Waals surface area (Å²) in [5, 5.41) is 14.0. The maximum atomic E-state index is 13.4. The monoisotopic (exact) mass is 592 g/mol. The van der Waals surface area contributed by atoms with Gasteiger partial charge in [-0.05, 0) is 55.7 Å². The number of benzene rings is 2. The number of rotatable bonds is 16. The first-order chi connectivity index (χ1) is 21.1. The number of fused-ring (bicyclic) bond motifs is 2. The third kappa shape index (κ3) is 7.40. The van der Waals surface area contributed by atoms with Crippen molar-refractivity contribution in [3.8, 4) is 5.75 Å². The molecule has 0 saturated carbocycles. The smallest absolute Gasteiger partial charge is 0.286 e. The number of para-hydroxylation sites is 1. The van der Waals surface area contributed by atoms with E-state index in [1.165, 1.54) is 0 Å². The minimum Gasteiger partial charge on any atom is -0.497 e. The highest BCUT2D eigenvalue weighted by atomic mass is 16.7. The Morgan fingerprint density at radius 2 is 1.91 bits per heavy atom. The predicted octanol–water partition coefficient (Wildman–Crippen LogP) is 4.67.